The lowest BCUT2D eigenvalue weighted by Crippen LogP contribution is -1.94. The van der Waals surface area contributed by atoms with E-state index < -0.39 is 5.97 Å². The van der Waals surface area contributed by atoms with Crippen LogP contribution in [0.15, 0.2) is 41.3 Å². The molecule has 1 heterocycles. The van der Waals surface area contributed by atoms with Crippen LogP contribution in [0.1, 0.15) is 34.7 Å². The zero-order valence-corrected chi connectivity index (χ0v) is 15.3. The minimum atomic E-state index is -0.452. The molecule has 0 aromatic carbocycles. The number of aryl methyl sites for hydroxylation is 2. The third-order valence-corrected chi connectivity index (χ3v) is 4.67. The minimum Gasteiger partial charge on any atom is -0.466 e. The first kappa shape index (κ1) is 19.1. The molecule has 1 aromatic rings. The van der Waals surface area contributed by atoms with Crippen molar-refractivity contribution in [3.63, 3.8) is 0 Å². The highest BCUT2D eigenvalue weighted by atomic mass is 32.1. The molecule has 23 heavy (non-hydrogen) atoms. The van der Waals surface area contributed by atoms with Gasteiger partial charge in [-0.3, -0.25) is 0 Å². The molecular weight excluding hydrogens is 311 g/mol. The van der Waals surface area contributed by atoms with Gasteiger partial charge in [0.25, 0.3) is 0 Å². The molecule has 0 spiro atoms. The monoisotopic (exact) mass is 334 g/mol. The molecule has 0 radical (unpaired) electrons. The van der Waals surface area contributed by atoms with Crippen LogP contribution in [0.5, 0.6) is 0 Å². The maximum atomic E-state index is 14.1. The van der Waals surface area contributed by atoms with Gasteiger partial charge in [-0.15, -0.1) is 11.3 Å². The zero-order chi connectivity index (χ0) is 17.6. The second-order valence-corrected chi connectivity index (χ2v) is 6.79. The van der Waals surface area contributed by atoms with E-state index in [0.29, 0.717) is 11.1 Å². The molecule has 0 aliphatic heterocycles. The van der Waals surface area contributed by atoms with Gasteiger partial charge in [0.05, 0.1) is 7.11 Å². The molecular formula is C19H23FO2S. The molecule has 0 aliphatic carbocycles. The van der Waals surface area contributed by atoms with Crippen LogP contribution in [-0.4, -0.2) is 13.1 Å². The van der Waals surface area contributed by atoms with Gasteiger partial charge in [0.15, 0.2) is 0 Å². The molecule has 0 amide bonds. The van der Waals surface area contributed by atoms with Gasteiger partial charge in [-0.1, -0.05) is 18.2 Å². The summed E-state index contributed by atoms with van der Waals surface area (Å²) in [6.07, 6.45) is 7.95. The first-order valence-corrected chi connectivity index (χ1v) is 8.13. The SMILES string of the molecule is COC(=O)C=C(C)C=CC(F)=C(C)C=Cc1c(C)sc(C)c1C. The predicted octanol–water partition coefficient (Wildman–Crippen LogP) is 5.61. The number of halogens is 1. The first-order valence-electron chi connectivity index (χ1n) is 7.31. The number of esters is 1. The van der Waals surface area contributed by atoms with E-state index in [1.54, 1.807) is 37.3 Å². The van der Waals surface area contributed by atoms with Crippen LogP contribution in [0.4, 0.5) is 4.39 Å². The number of ether oxygens (including phenoxy) is 1. The van der Waals surface area contributed by atoms with Crippen LogP contribution in [0.2, 0.25) is 0 Å². The standard InChI is InChI=1S/C19H23FO2S/c1-12(11-19(21)22-6)7-10-18(20)13(2)8-9-17-14(3)15(4)23-16(17)5/h7-11H,1-6H3. The maximum Gasteiger partial charge on any atom is 0.330 e. The van der Waals surface area contributed by atoms with Crippen molar-refractivity contribution in [3.05, 3.63) is 62.2 Å². The van der Waals surface area contributed by atoms with Gasteiger partial charge in [-0.25, -0.2) is 9.18 Å². The molecule has 1 rings (SSSR count). The summed E-state index contributed by atoms with van der Waals surface area (Å²) in [5.74, 6) is -0.784. The number of hydrogen-bond acceptors (Lipinski definition) is 3. The number of thiophene rings is 1. The first-order chi connectivity index (χ1) is 10.8. The normalized spacial score (nSPS) is 13.8. The van der Waals surface area contributed by atoms with Crippen LogP contribution in [0.25, 0.3) is 6.08 Å². The Hall–Kier alpha value is -1.94. The summed E-state index contributed by atoms with van der Waals surface area (Å²) >= 11 is 1.75. The summed E-state index contributed by atoms with van der Waals surface area (Å²) in [6, 6.07) is 0. The second kappa shape index (κ2) is 8.63. The van der Waals surface area contributed by atoms with E-state index in [-0.39, 0.29) is 5.83 Å². The van der Waals surface area contributed by atoms with Gasteiger partial charge in [0, 0.05) is 15.8 Å². The lowest BCUT2D eigenvalue weighted by molar-refractivity contribution is -0.134. The quantitative estimate of drug-likeness (QED) is 0.398. The Kier molecular flexibility index (Phi) is 7.17. The molecule has 0 saturated heterocycles. The molecule has 0 bridgehead atoms. The molecule has 4 heteroatoms. The number of methoxy groups -OCH3 is 1. The van der Waals surface area contributed by atoms with Crippen LogP contribution in [0.3, 0.4) is 0 Å². The summed E-state index contributed by atoms with van der Waals surface area (Å²) < 4.78 is 18.6. The van der Waals surface area contributed by atoms with Crippen molar-refractivity contribution in [2.45, 2.75) is 34.6 Å². The van der Waals surface area contributed by atoms with Crippen molar-refractivity contribution < 1.29 is 13.9 Å². The summed E-state index contributed by atoms with van der Waals surface area (Å²) in [4.78, 5) is 13.6. The number of allylic oxidation sites excluding steroid dienone is 6. The lowest BCUT2D eigenvalue weighted by atomic mass is 10.1. The van der Waals surface area contributed by atoms with Crippen molar-refractivity contribution in [1.82, 2.24) is 0 Å². The van der Waals surface area contributed by atoms with E-state index in [4.69, 9.17) is 0 Å². The third-order valence-electron chi connectivity index (χ3n) is 3.53. The van der Waals surface area contributed by atoms with Crippen LogP contribution >= 0.6 is 11.3 Å². The fourth-order valence-electron chi connectivity index (χ4n) is 1.97. The van der Waals surface area contributed by atoms with E-state index in [9.17, 15) is 9.18 Å². The molecule has 2 nitrogen and oxygen atoms in total. The Balaban J connectivity index is 2.91. The molecule has 0 atom stereocenters. The summed E-state index contributed by atoms with van der Waals surface area (Å²) in [6.45, 7) is 9.67. The topological polar surface area (TPSA) is 26.3 Å². The van der Waals surface area contributed by atoms with Crippen molar-refractivity contribution >= 4 is 23.4 Å². The number of hydrogen-bond donors (Lipinski definition) is 0. The zero-order valence-electron chi connectivity index (χ0n) is 14.5. The van der Waals surface area contributed by atoms with Gasteiger partial charge in [-0.05, 0) is 63.0 Å². The lowest BCUT2D eigenvalue weighted by Gasteiger charge is -1.97. The highest BCUT2D eigenvalue weighted by Gasteiger charge is 2.06. The Bertz CT molecular complexity index is 703. The second-order valence-electron chi connectivity index (χ2n) is 5.36. The molecule has 124 valence electrons. The molecule has 0 fully saturated rings. The average Bonchev–Trinajstić information content (AvgIpc) is 2.75. The average molecular weight is 334 g/mol. The molecule has 0 unspecified atom stereocenters. The van der Waals surface area contributed by atoms with Gasteiger partial charge >= 0.3 is 5.97 Å². The molecule has 0 N–H and O–H groups in total. The third kappa shape index (κ3) is 5.64. The minimum absolute atomic E-state index is 0.332. The summed E-state index contributed by atoms with van der Waals surface area (Å²) in [5.41, 5.74) is 3.56. The van der Waals surface area contributed by atoms with E-state index in [0.717, 1.165) is 5.56 Å². The largest absolute Gasteiger partial charge is 0.466 e. The van der Waals surface area contributed by atoms with Crippen molar-refractivity contribution in [3.8, 4) is 0 Å². The van der Waals surface area contributed by atoms with Crippen LogP contribution < -0.4 is 0 Å². The number of carbonyl (C=O) groups excluding carboxylic acids is 1. The van der Waals surface area contributed by atoms with Crippen LogP contribution in [0, 0.1) is 20.8 Å². The molecule has 1 aromatic heterocycles. The van der Waals surface area contributed by atoms with E-state index in [2.05, 4.69) is 25.5 Å². The van der Waals surface area contributed by atoms with Gasteiger partial charge < -0.3 is 4.74 Å². The van der Waals surface area contributed by atoms with E-state index in [1.165, 1.54) is 34.6 Å². The van der Waals surface area contributed by atoms with Gasteiger partial charge in [0.1, 0.15) is 5.83 Å². The summed E-state index contributed by atoms with van der Waals surface area (Å²) in [5, 5.41) is 0. The van der Waals surface area contributed by atoms with Gasteiger partial charge in [-0.2, -0.15) is 0 Å². The maximum absolute atomic E-state index is 14.1. The Morgan fingerprint density at radius 1 is 1.09 bits per heavy atom. The van der Waals surface area contributed by atoms with Crippen molar-refractivity contribution in [2.24, 2.45) is 0 Å². The van der Waals surface area contributed by atoms with E-state index in [1.807, 2.05) is 6.08 Å². The van der Waals surface area contributed by atoms with E-state index >= 15 is 0 Å². The Labute approximate surface area is 141 Å². The number of rotatable bonds is 5. The van der Waals surface area contributed by atoms with Crippen molar-refractivity contribution in [1.29, 1.82) is 0 Å². The predicted molar refractivity (Wildman–Crippen MR) is 96.3 cm³/mol. The van der Waals surface area contributed by atoms with Crippen molar-refractivity contribution in [2.75, 3.05) is 7.11 Å². The summed E-state index contributed by atoms with van der Waals surface area (Å²) in [7, 11) is 1.31. The smallest absolute Gasteiger partial charge is 0.330 e. The fourth-order valence-corrected chi connectivity index (χ4v) is 3.03. The molecule has 0 saturated carbocycles. The Morgan fingerprint density at radius 3 is 2.26 bits per heavy atom. The highest BCUT2D eigenvalue weighted by molar-refractivity contribution is 7.12. The fraction of sp³-hybridized carbons (Fsp3) is 0.316. The Morgan fingerprint density at radius 2 is 1.74 bits per heavy atom. The van der Waals surface area contributed by atoms with Crippen LogP contribution in [-0.2, 0) is 9.53 Å². The molecule has 0 aliphatic rings. The highest BCUT2D eigenvalue weighted by Crippen LogP contribution is 2.28. The number of carbonyl (C=O) groups is 1. The van der Waals surface area contributed by atoms with Gasteiger partial charge in [0.2, 0.25) is 0 Å².